The lowest BCUT2D eigenvalue weighted by Gasteiger charge is -2.24. The van der Waals surface area contributed by atoms with E-state index in [1.807, 2.05) is 30.0 Å². The predicted octanol–water partition coefficient (Wildman–Crippen LogP) is 2.14. The van der Waals surface area contributed by atoms with Gasteiger partial charge in [0.1, 0.15) is 5.56 Å². The van der Waals surface area contributed by atoms with Crippen molar-refractivity contribution in [2.75, 3.05) is 5.73 Å². The number of hydrogen-bond donors (Lipinski definition) is 2. The molecule has 0 radical (unpaired) electrons. The minimum absolute atomic E-state index is 0.0579. The fourth-order valence-electron chi connectivity index (χ4n) is 4.34. The summed E-state index contributed by atoms with van der Waals surface area (Å²) in [7, 11) is 0. The second-order valence-electron chi connectivity index (χ2n) is 8.04. The molecule has 1 atom stereocenters. The summed E-state index contributed by atoms with van der Waals surface area (Å²) < 4.78 is 1.45. The number of aryl methyl sites for hydroxylation is 1. The fraction of sp³-hybridized carbons (Fsp3) is 0.333. The van der Waals surface area contributed by atoms with Crippen LogP contribution in [0.3, 0.4) is 0 Å². The molecule has 1 aliphatic carbocycles. The first kappa shape index (κ1) is 17.7. The molecular weight excluding hydrogens is 368 g/mol. The lowest BCUT2D eigenvalue weighted by molar-refractivity contribution is 0.0697. The molecule has 1 aliphatic heterocycles. The number of fused-ring (bicyclic) bond motifs is 2. The van der Waals surface area contributed by atoms with E-state index in [-0.39, 0.29) is 23.3 Å². The Morgan fingerprint density at radius 1 is 1.31 bits per heavy atom. The van der Waals surface area contributed by atoms with Crippen LogP contribution in [0.4, 0.5) is 5.82 Å². The molecule has 8 nitrogen and oxygen atoms in total. The number of nitrogens with two attached hydrogens (primary N) is 2. The highest BCUT2D eigenvalue weighted by molar-refractivity contribution is 6.03. The van der Waals surface area contributed by atoms with Crippen LogP contribution in [0, 0.1) is 12.8 Å². The zero-order valence-corrected chi connectivity index (χ0v) is 16.3. The largest absolute Gasteiger partial charge is 0.381 e. The third-order valence-electron chi connectivity index (χ3n) is 6.08. The van der Waals surface area contributed by atoms with Crippen LogP contribution >= 0.6 is 0 Å². The van der Waals surface area contributed by atoms with Crippen molar-refractivity contribution in [2.45, 2.75) is 39.3 Å². The molecule has 148 valence electrons. The van der Waals surface area contributed by atoms with Crippen LogP contribution < -0.4 is 11.5 Å². The minimum Gasteiger partial charge on any atom is -0.381 e. The lowest BCUT2D eigenvalue weighted by Crippen LogP contribution is -2.34. The van der Waals surface area contributed by atoms with Crippen molar-refractivity contribution in [3.05, 3.63) is 46.6 Å². The number of rotatable bonds is 4. The molecule has 1 unspecified atom stereocenters. The first-order valence-electron chi connectivity index (χ1n) is 9.74. The third kappa shape index (κ3) is 2.66. The maximum atomic E-state index is 13.0. The van der Waals surface area contributed by atoms with Crippen molar-refractivity contribution < 1.29 is 9.59 Å². The first-order valence-corrected chi connectivity index (χ1v) is 9.74. The molecule has 8 heteroatoms. The van der Waals surface area contributed by atoms with Gasteiger partial charge >= 0.3 is 0 Å². The van der Waals surface area contributed by atoms with Gasteiger partial charge in [-0.25, -0.2) is 9.50 Å². The summed E-state index contributed by atoms with van der Waals surface area (Å²) in [4.78, 5) is 31.3. The molecule has 1 saturated carbocycles. The third-order valence-corrected chi connectivity index (χ3v) is 6.08. The average molecular weight is 390 g/mol. The van der Waals surface area contributed by atoms with E-state index in [0.717, 1.165) is 22.3 Å². The summed E-state index contributed by atoms with van der Waals surface area (Å²) in [6.07, 6.45) is 4.11. The fourth-order valence-corrected chi connectivity index (χ4v) is 4.34. The van der Waals surface area contributed by atoms with Crippen LogP contribution in [0.1, 0.15) is 51.6 Å². The zero-order valence-electron chi connectivity index (χ0n) is 16.3. The topological polar surface area (TPSA) is 120 Å². The number of amides is 2. The predicted molar refractivity (Wildman–Crippen MR) is 108 cm³/mol. The number of primary amides is 1. The van der Waals surface area contributed by atoms with E-state index in [1.165, 1.54) is 17.4 Å². The van der Waals surface area contributed by atoms with Crippen molar-refractivity contribution in [1.29, 1.82) is 0 Å². The highest BCUT2D eigenvalue weighted by atomic mass is 16.2. The Hall–Kier alpha value is -3.42. The number of nitrogens with zero attached hydrogens (tertiary/aromatic N) is 4. The van der Waals surface area contributed by atoms with Crippen molar-refractivity contribution in [3.63, 3.8) is 0 Å². The van der Waals surface area contributed by atoms with E-state index in [4.69, 9.17) is 11.5 Å². The summed E-state index contributed by atoms with van der Waals surface area (Å²) >= 11 is 0. The molecule has 0 spiro atoms. The number of benzene rings is 1. The monoisotopic (exact) mass is 390 g/mol. The van der Waals surface area contributed by atoms with Gasteiger partial charge in [-0.15, -0.1) is 5.10 Å². The van der Waals surface area contributed by atoms with Crippen LogP contribution in [0.25, 0.3) is 16.9 Å². The van der Waals surface area contributed by atoms with Gasteiger partial charge in [0.15, 0.2) is 11.5 Å². The average Bonchev–Trinajstić information content (AvgIpc) is 3.38. The van der Waals surface area contributed by atoms with Gasteiger partial charge in [-0.1, -0.05) is 0 Å². The summed E-state index contributed by atoms with van der Waals surface area (Å²) in [6, 6.07) is 6.06. The van der Waals surface area contributed by atoms with E-state index in [1.54, 1.807) is 6.20 Å². The van der Waals surface area contributed by atoms with Gasteiger partial charge in [0.2, 0.25) is 0 Å². The minimum atomic E-state index is -0.664. The first-order chi connectivity index (χ1) is 13.8. The number of hydrogen-bond acceptors (Lipinski definition) is 5. The van der Waals surface area contributed by atoms with Gasteiger partial charge in [0, 0.05) is 29.9 Å². The second-order valence-corrected chi connectivity index (χ2v) is 8.04. The van der Waals surface area contributed by atoms with E-state index < -0.39 is 5.91 Å². The van der Waals surface area contributed by atoms with Gasteiger partial charge in [-0.3, -0.25) is 9.59 Å². The normalized spacial score (nSPS) is 17.0. The summed E-state index contributed by atoms with van der Waals surface area (Å²) in [6.45, 7) is 4.72. The Kier molecular flexibility index (Phi) is 3.68. The number of nitrogen functional groups attached to an aromatic ring is 1. The maximum absolute atomic E-state index is 13.0. The number of anilines is 1. The standard InChI is InChI=1S/C21H22N6O2/c1-10-7-13(8-14-9-26(21(29)16(10)14)11(2)12-3-4-12)15-5-6-27-20(24-15)17(19(23)28)18(22)25-27/h5-8,11-12H,3-4,9H2,1-2H3,(H2,22,25)(H2,23,28). The molecule has 3 heterocycles. The van der Waals surface area contributed by atoms with E-state index in [2.05, 4.69) is 17.0 Å². The van der Waals surface area contributed by atoms with Gasteiger partial charge in [0.05, 0.1) is 5.69 Å². The molecule has 1 fully saturated rings. The lowest BCUT2D eigenvalue weighted by atomic mass is 9.98. The molecule has 3 aromatic rings. The Morgan fingerprint density at radius 2 is 2.07 bits per heavy atom. The van der Waals surface area contributed by atoms with E-state index in [9.17, 15) is 9.59 Å². The molecule has 5 rings (SSSR count). The van der Waals surface area contributed by atoms with Crippen molar-refractivity contribution in [2.24, 2.45) is 11.7 Å². The van der Waals surface area contributed by atoms with Gasteiger partial charge < -0.3 is 16.4 Å². The van der Waals surface area contributed by atoms with Crippen LogP contribution in [0.2, 0.25) is 0 Å². The van der Waals surface area contributed by atoms with Crippen molar-refractivity contribution in [3.8, 4) is 11.3 Å². The Labute approximate surface area is 167 Å². The molecule has 0 bridgehead atoms. The molecular formula is C21H22N6O2. The molecule has 29 heavy (non-hydrogen) atoms. The highest BCUT2D eigenvalue weighted by Gasteiger charge is 2.39. The van der Waals surface area contributed by atoms with Crippen LogP contribution in [-0.4, -0.2) is 37.4 Å². The molecule has 2 amide bonds. The zero-order chi connectivity index (χ0) is 20.4. The van der Waals surface area contributed by atoms with Crippen molar-refractivity contribution >= 4 is 23.3 Å². The summed E-state index contributed by atoms with van der Waals surface area (Å²) in [5, 5.41) is 4.09. The summed E-state index contributed by atoms with van der Waals surface area (Å²) in [5.74, 6) is 0.133. The van der Waals surface area contributed by atoms with Crippen LogP contribution in [0.15, 0.2) is 24.4 Å². The smallest absolute Gasteiger partial charge is 0.256 e. The van der Waals surface area contributed by atoms with Gasteiger partial charge in [0.25, 0.3) is 11.8 Å². The number of aromatic nitrogens is 3. The summed E-state index contributed by atoms with van der Waals surface area (Å²) in [5.41, 5.74) is 16.0. The van der Waals surface area contributed by atoms with E-state index >= 15 is 0 Å². The Bertz CT molecular complexity index is 1190. The molecule has 0 saturated heterocycles. The molecule has 4 N–H and O–H groups in total. The molecule has 2 aromatic heterocycles. The Balaban J connectivity index is 1.58. The second kappa shape index (κ2) is 6.04. The van der Waals surface area contributed by atoms with Gasteiger partial charge in [-0.05, 0) is 61.9 Å². The van der Waals surface area contributed by atoms with E-state index in [0.29, 0.717) is 23.8 Å². The van der Waals surface area contributed by atoms with Crippen LogP contribution in [-0.2, 0) is 6.54 Å². The quantitative estimate of drug-likeness (QED) is 0.707. The van der Waals surface area contributed by atoms with Crippen molar-refractivity contribution in [1.82, 2.24) is 19.5 Å². The van der Waals surface area contributed by atoms with Crippen LogP contribution in [0.5, 0.6) is 0 Å². The Morgan fingerprint density at radius 3 is 2.76 bits per heavy atom. The molecule has 2 aliphatic rings. The van der Waals surface area contributed by atoms with Gasteiger partial charge in [-0.2, -0.15) is 0 Å². The number of carbonyl (C=O) groups excluding carboxylic acids is 2. The highest BCUT2D eigenvalue weighted by Crippen LogP contribution is 2.39. The maximum Gasteiger partial charge on any atom is 0.256 e. The number of carbonyl (C=O) groups is 2. The SMILES string of the molecule is Cc1cc(-c2ccn3nc(N)c(C(N)=O)c3n2)cc2c1C(=O)N(C(C)C1CC1)C2. The molecule has 1 aromatic carbocycles.